The Morgan fingerprint density at radius 1 is 1.29 bits per heavy atom. The summed E-state index contributed by atoms with van der Waals surface area (Å²) in [5.74, 6) is 1.37. The van der Waals surface area contributed by atoms with Gasteiger partial charge in [-0.1, -0.05) is 6.07 Å². The average molecular weight is 328 g/mol. The maximum atomic E-state index is 12.6. The summed E-state index contributed by atoms with van der Waals surface area (Å²) in [5, 5.41) is 23.9. The van der Waals surface area contributed by atoms with Gasteiger partial charge >= 0.3 is 0 Å². The molecule has 0 fully saturated rings. The van der Waals surface area contributed by atoms with E-state index in [9.17, 15) is 9.90 Å². The summed E-state index contributed by atoms with van der Waals surface area (Å²) in [5.41, 5.74) is 2.27. The Kier molecular flexibility index (Phi) is 3.37. The van der Waals surface area contributed by atoms with Gasteiger partial charge in [0.15, 0.2) is 17.3 Å². The standard InChI is InChI=1S/C16H16N4O4/c1-23-12-7-8(5-6-10(12)21)14-13-9(3-2-4-11(13)22)17-15-16(18-14)20-24-19-15/h5-7,14,21H,2-4H2,1H3,(H,17,19)(H,18,20)/t14-/m0/s1. The number of phenols is 1. The summed E-state index contributed by atoms with van der Waals surface area (Å²) >= 11 is 0. The molecule has 0 radical (unpaired) electrons. The molecule has 4 rings (SSSR count). The van der Waals surface area contributed by atoms with E-state index in [1.54, 1.807) is 18.2 Å². The van der Waals surface area contributed by atoms with Gasteiger partial charge in [-0.05, 0) is 40.9 Å². The number of anilines is 2. The van der Waals surface area contributed by atoms with Crippen LogP contribution in [0.1, 0.15) is 30.9 Å². The van der Waals surface area contributed by atoms with Gasteiger partial charge in [0, 0.05) is 17.7 Å². The van der Waals surface area contributed by atoms with E-state index in [1.807, 2.05) is 0 Å². The van der Waals surface area contributed by atoms with Gasteiger partial charge in [0.1, 0.15) is 0 Å². The number of aromatic hydroxyl groups is 1. The normalized spacial score (nSPS) is 19.7. The number of aromatic nitrogens is 2. The second kappa shape index (κ2) is 5.55. The molecule has 2 heterocycles. The number of Topliss-reactive ketones (excluding diaryl/α,β-unsaturated/α-hetero) is 1. The predicted molar refractivity (Wildman–Crippen MR) is 84.8 cm³/mol. The van der Waals surface area contributed by atoms with Crippen molar-refractivity contribution in [1.29, 1.82) is 0 Å². The number of hydrogen-bond donors (Lipinski definition) is 3. The molecule has 1 aromatic heterocycles. The van der Waals surface area contributed by atoms with Gasteiger partial charge in [-0.15, -0.1) is 0 Å². The number of methoxy groups -OCH3 is 1. The summed E-state index contributed by atoms with van der Waals surface area (Å²) < 4.78 is 9.96. The van der Waals surface area contributed by atoms with Crippen LogP contribution in [0.5, 0.6) is 11.5 Å². The fraction of sp³-hybridized carbons (Fsp3) is 0.312. The molecule has 3 N–H and O–H groups in total. The number of carbonyl (C=O) groups excluding carboxylic acids is 1. The smallest absolute Gasteiger partial charge is 0.219 e. The van der Waals surface area contributed by atoms with Crippen LogP contribution in [0.4, 0.5) is 11.6 Å². The van der Waals surface area contributed by atoms with Gasteiger partial charge in [0.05, 0.1) is 13.2 Å². The Bertz CT molecular complexity index is 842. The van der Waals surface area contributed by atoms with Crippen molar-refractivity contribution in [2.24, 2.45) is 0 Å². The highest BCUT2D eigenvalue weighted by atomic mass is 16.6. The van der Waals surface area contributed by atoms with Gasteiger partial charge in [-0.2, -0.15) is 0 Å². The Hall–Kier alpha value is -3.03. The maximum Gasteiger partial charge on any atom is 0.219 e. The van der Waals surface area contributed by atoms with Crippen LogP contribution in [0.15, 0.2) is 34.1 Å². The molecule has 0 spiro atoms. The van der Waals surface area contributed by atoms with E-state index in [4.69, 9.17) is 9.37 Å². The number of allylic oxidation sites excluding steroid dienone is 1. The monoisotopic (exact) mass is 328 g/mol. The number of hydrogen-bond acceptors (Lipinski definition) is 8. The number of ether oxygens (including phenoxy) is 1. The lowest BCUT2D eigenvalue weighted by atomic mass is 9.86. The number of carbonyl (C=O) groups is 1. The minimum absolute atomic E-state index is 0.0426. The molecule has 0 amide bonds. The third kappa shape index (κ3) is 2.27. The van der Waals surface area contributed by atoms with Crippen LogP contribution in [-0.2, 0) is 4.79 Å². The fourth-order valence-electron chi connectivity index (χ4n) is 3.17. The molecule has 0 bridgehead atoms. The number of nitrogens with one attached hydrogen (secondary N) is 2. The molecule has 2 aliphatic rings. The summed E-state index contributed by atoms with van der Waals surface area (Å²) in [6, 6.07) is 4.57. The van der Waals surface area contributed by atoms with Crippen LogP contribution in [0, 0.1) is 0 Å². The molecule has 24 heavy (non-hydrogen) atoms. The lowest BCUT2D eigenvalue weighted by molar-refractivity contribution is -0.116. The quantitative estimate of drug-likeness (QED) is 0.771. The van der Waals surface area contributed by atoms with Crippen molar-refractivity contribution in [2.75, 3.05) is 17.7 Å². The zero-order chi connectivity index (χ0) is 16.7. The second-order valence-corrected chi connectivity index (χ2v) is 5.76. The van der Waals surface area contributed by atoms with Gasteiger partial charge in [0.25, 0.3) is 0 Å². The predicted octanol–water partition coefficient (Wildman–Crippen LogP) is 2.37. The zero-order valence-electron chi connectivity index (χ0n) is 13.0. The van der Waals surface area contributed by atoms with Gasteiger partial charge in [-0.3, -0.25) is 4.79 Å². The SMILES string of the molecule is COc1cc([C@@H]2Nc3nonc3NC3=C2C(=O)CCC3)ccc1O. The molecule has 0 unspecified atom stereocenters. The van der Waals surface area contributed by atoms with Crippen LogP contribution in [0.25, 0.3) is 0 Å². The van der Waals surface area contributed by atoms with Gasteiger partial charge in [-0.25, -0.2) is 4.63 Å². The summed E-state index contributed by atoms with van der Waals surface area (Å²) in [7, 11) is 1.48. The van der Waals surface area contributed by atoms with E-state index in [1.165, 1.54) is 7.11 Å². The molecule has 0 saturated heterocycles. The number of benzene rings is 1. The summed E-state index contributed by atoms with van der Waals surface area (Å²) in [6.45, 7) is 0. The first-order valence-corrected chi connectivity index (χ1v) is 7.66. The molecule has 1 aromatic carbocycles. The van der Waals surface area contributed by atoms with Crippen LogP contribution in [0.2, 0.25) is 0 Å². The van der Waals surface area contributed by atoms with E-state index in [0.29, 0.717) is 29.4 Å². The molecule has 1 atom stereocenters. The highest BCUT2D eigenvalue weighted by molar-refractivity contribution is 6.00. The molecule has 8 nitrogen and oxygen atoms in total. The van der Waals surface area contributed by atoms with Gasteiger partial charge in [0.2, 0.25) is 11.6 Å². The van der Waals surface area contributed by atoms with Gasteiger partial charge < -0.3 is 20.5 Å². The number of nitrogens with zero attached hydrogens (tertiary/aromatic N) is 2. The third-order valence-electron chi connectivity index (χ3n) is 4.32. The number of ketones is 1. The van der Waals surface area contributed by atoms with Crippen molar-refractivity contribution in [2.45, 2.75) is 25.3 Å². The minimum Gasteiger partial charge on any atom is -0.504 e. The first-order chi connectivity index (χ1) is 11.7. The van der Waals surface area contributed by atoms with Crippen LogP contribution in [-0.4, -0.2) is 28.3 Å². The lowest BCUT2D eigenvalue weighted by Crippen LogP contribution is -2.23. The Morgan fingerprint density at radius 2 is 2.12 bits per heavy atom. The Labute approximate surface area is 137 Å². The number of phenolic OH excluding ortho intramolecular Hbond substituents is 1. The third-order valence-corrected chi connectivity index (χ3v) is 4.32. The average Bonchev–Trinajstić information content (AvgIpc) is 2.94. The minimum atomic E-state index is -0.428. The lowest BCUT2D eigenvalue weighted by Gasteiger charge is -2.25. The molecule has 124 valence electrons. The molecule has 1 aliphatic carbocycles. The van der Waals surface area contributed by atoms with E-state index in [2.05, 4.69) is 20.9 Å². The van der Waals surface area contributed by atoms with E-state index in [-0.39, 0.29) is 11.5 Å². The van der Waals surface area contributed by atoms with Crippen LogP contribution in [0.3, 0.4) is 0 Å². The molecule has 1 aliphatic heterocycles. The summed E-state index contributed by atoms with van der Waals surface area (Å²) in [4.78, 5) is 12.6. The zero-order valence-corrected chi connectivity index (χ0v) is 13.0. The molecular formula is C16H16N4O4. The molecule has 2 aromatic rings. The van der Waals surface area contributed by atoms with Crippen LogP contribution < -0.4 is 15.4 Å². The van der Waals surface area contributed by atoms with E-state index < -0.39 is 6.04 Å². The van der Waals surface area contributed by atoms with Crippen molar-refractivity contribution in [3.63, 3.8) is 0 Å². The highest BCUT2D eigenvalue weighted by Crippen LogP contribution is 2.40. The van der Waals surface area contributed by atoms with Crippen molar-refractivity contribution in [1.82, 2.24) is 10.3 Å². The number of rotatable bonds is 2. The van der Waals surface area contributed by atoms with Crippen molar-refractivity contribution >= 4 is 17.4 Å². The van der Waals surface area contributed by atoms with E-state index in [0.717, 1.165) is 24.1 Å². The highest BCUT2D eigenvalue weighted by Gasteiger charge is 2.34. The first kappa shape index (κ1) is 14.6. The van der Waals surface area contributed by atoms with E-state index >= 15 is 0 Å². The maximum absolute atomic E-state index is 12.6. The molecule has 8 heteroatoms. The Balaban J connectivity index is 1.86. The second-order valence-electron chi connectivity index (χ2n) is 5.76. The summed E-state index contributed by atoms with van der Waals surface area (Å²) in [6.07, 6.45) is 2.04. The van der Waals surface area contributed by atoms with Crippen molar-refractivity contribution in [3.8, 4) is 11.5 Å². The first-order valence-electron chi connectivity index (χ1n) is 7.66. The Morgan fingerprint density at radius 3 is 2.96 bits per heavy atom. The topological polar surface area (TPSA) is 110 Å². The number of fused-ring (bicyclic) bond motifs is 1. The largest absolute Gasteiger partial charge is 0.504 e. The van der Waals surface area contributed by atoms with Crippen molar-refractivity contribution in [3.05, 3.63) is 35.0 Å². The van der Waals surface area contributed by atoms with Crippen molar-refractivity contribution < 1.29 is 19.3 Å². The van der Waals surface area contributed by atoms with Crippen LogP contribution >= 0.6 is 0 Å². The molecular weight excluding hydrogens is 312 g/mol. The molecule has 0 saturated carbocycles. The fourth-order valence-corrected chi connectivity index (χ4v) is 3.17.